The summed E-state index contributed by atoms with van der Waals surface area (Å²) in [6.07, 6.45) is 2.50. The Kier molecular flexibility index (Phi) is 3.39. The van der Waals surface area contributed by atoms with Crippen molar-refractivity contribution in [1.29, 1.82) is 0 Å². The molecule has 1 aromatic carbocycles. The summed E-state index contributed by atoms with van der Waals surface area (Å²) in [6, 6.07) is 8.86. The standard InChI is InChI=1S/C11H17B/c1-4-12(5-2)11-8-6-7-10(3)9-11/h6-9H,4-5H2,1-3H3. The fourth-order valence-electron chi connectivity index (χ4n) is 1.68. The molecular formula is C11H17B. The minimum absolute atomic E-state index is 0.755. The Morgan fingerprint density at radius 3 is 2.33 bits per heavy atom. The van der Waals surface area contributed by atoms with Crippen LogP contribution in [0.5, 0.6) is 0 Å². The van der Waals surface area contributed by atoms with Crippen molar-refractivity contribution >= 4 is 12.2 Å². The Morgan fingerprint density at radius 1 is 1.17 bits per heavy atom. The van der Waals surface area contributed by atoms with Gasteiger partial charge in [-0.2, -0.15) is 0 Å². The molecule has 1 heteroatoms. The summed E-state index contributed by atoms with van der Waals surface area (Å²) in [6.45, 7) is 7.43. The van der Waals surface area contributed by atoms with Crippen LogP contribution in [0.15, 0.2) is 24.3 Å². The predicted molar refractivity (Wildman–Crippen MR) is 57.5 cm³/mol. The van der Waals surface area contributed by atoms with Crippen molar-refractivity contribution < 1.29 is 0 Å². The average Bonchev–Trinajstić information content (AvgIpc) is 2.07. The van der Waals surface area contributed by atoms with E-state index in [1.165, 1.54) is 23.7 Å². The zero-order chi connectivity index (χ0) is 8.97. The third-order valence-corrected chi connectivity index (χ3v) is 2.50. The second-order valence-electron chi connectivity index (χ2n) is 3.43. The molecule has 0 amide bonds. The summed E-state index contributed by atoms with van der Waals surface area (Å²) in [7, 11) is 0. The Bertz CT molecular complexity index is 239. The lowest BCUT2D eigenvalue weighted by Gasteiger charge is -2.09. The molecule has 0 N–H and O–H groups in total. The molecule has 0 heterocycles. The second kappa shape index (κ2) is 4.35. The van der Waals surface area contributed by atoms with Gasteiger partial charge in [-0.05, 0) is 6.92 Å². The summed E-state index contributed by atoms with van der Waals surface area (Å²) in [5, 5.41) is 0. The van der Waals surface area contributed by atoms with Gasteiger partial charge in [-0.1, -0.05) is 61.8 Å². The van der Waals surface area contributed by atoms with Crippen molar-refractivity contribution in [2.75, 3.05) is 0 Å². The van der Waals surface area contributed by atoms with Crippen molar-refractivity contribution in [3.8, 4) is 0 Å². The third kappa shape index (κ3) is 2.13. The average molecular weight is 160 g/mol. The van der Waals surface area contributed by atoms with Gasteiger partial charge in [0.1, 0.15) is 0 Å². The Hall–Kier alpha value is -0.715. The van der Waals surface area contributed by atoms with Gasteiger partial charge >= 0.3 is 0 Å². The van der Waals surface area contributed by atoms with Crippen LogP contribution in [0.2, 0.25) is 12.6 Å². The third-order valence-electron chi connectivity index (χ3n) is 2.50. The summed E-state index contributed by atoms with van der Waals surface area (Å²) in [5.41, 5.74) is 2.87. The highest BCUT2D eigenvalue weighted by Gasteiger charge is 2.10. The first-order valence-electron chi connectivity index (χ1n) is 4.84. The highest BCUT2D eigenvalue weighted by atomic mass is 13.9. The maximum absolute atomic E-state index is 2.30. The number of rotatable bonds is 3. The molecule has 0 spiro atoms. The summed E-state index contributed by atoms with van der Waals surface area (Å²) < 4.78 is 0. The van der Waals surface area contributed by atoms with E-state index >= 15 is 0 Å². The van der Waals surface area contributed by atoms with E-state index in [-0.39, 0.29) is 0 Å². The fraction of sp³-hybridized carbons (Fsp3) is 0.455. The SMILES string of the molecule is CCB(CC)c1cccc(C)c1. The summed E-state index contributed by atoms with van der Waals surface area (Å²) in [5.74, 6) is 0. The fourth-order valence-corrected chi connectivity index (χ4v) is 1.68. The molecule has 0 nitrogen and oxygen atoms in total. The van der Waals surface area contributed by atoms with Gasteiger partial charge in [0.05, 0.1) is 0 Å². The van der Waals surface area contributed by atoms with Crippen molar-refractivity contribution in [2.24, 2.45) is 0 Å². The first-order valence-corrected chi connectivity index (χ1v) is 4.84. The predicted octanol–water partition coefficient (Wildman–Crippen LogP) is 2.74. The highest BCUT2D eigenvalue weighted by Crippen LogP contribution is 2.01. The summed E-state index contributed by atoms with van der Waals surface area (Å²) in [4.78, 5) is 0. The van der Waals surface area contributed by atoms with E-state index in [4.69, 9.17) is 0 Å². The highest BCUT2D eigenvalue weighted by molar-refractivity contribution is 6.73. The topological polar surface area (TPSA) is 0 Å². The summed E-state index contributed by atoms with van der Waals surface area (Å²) >= 11 is 0. The largest absolute Gasteiger partial charge is 0.175 e. The lowest BCUT2D eigenvalue weighted by atomic mass is 9.41. The maximum Gasteiger partial charge on any atom is 0.175 e. The van der Waals surface area contributed by atoms with E-state index in [1.54, 1.807) is 0 Å². The Labute approximate surface area is 76.1 Å². The van der Waals surface area contributed by atoms with E-state index in [0.717, 1.165) is 6.71 Å². The van der Waals surface area contributed by atoms with Gasteiger partial charge in [0, 0.05) is 0 Å². The van der Waals surface area contributed by atoms with Crippen molar-refractivity contribution in [1.82, 2.24) is 0 Å². The molecule has 0 saturated carbocycles. The van der Waals surface area contributed by atoms with Crippen molar-refractivity contribution in [2.45, 2.75) is 33.4 Å². The van der Waals surface area contributed by atoms with Gasteiger partial charge in [-0.25, -0.2) is 0 Å². The lowest BCUT2D eigenvalue weighted by molar-refractivity contribution is 1.32. The molecule has 1 rings (SSSR count). The maximum atomic E-state index is 2.30. The van der Waals surface area contributed by atoms with Crippen molar-refractivity contribution in [3.63, 3.8) is 0 Å². The van der Waals surface area contributed by atoms with Crippen LogP contribution in [0, 0.1) is 6.92 Å². The van der Waals surface area contributed by atoms with Crippen LogP contribution in [-0.4, -0.2) is 6.71 Å². The minimum Gasteiger partial charge on any atom is -0.0798 e. The molecule has 0 unspecified atom stereocenters. The van der Waals surface area contributed by atoms with Gasteiger partial charge in [0.2, 0.25) is 0 Å². The molecule has 0 atom stereocenters. The molecule has 0 aliphatic carbocycles. The van der Waals surface area contributed by atoms with Crippen LogP contribution >= 0.6 is 0 Å². The number of hydrogen-bond donors (Lipinski definition) is 0. The monoisotopic (exact) mass is 160 g/mol. The van der Waals surface area contributed by atoms with Crippen LogP contribution in [0.4, 0.5) is 0 Å². The zero-order valence-corrected chi connectivity index (χ0v) is 8.30. The molecule has 64 valence electrons. The number of benzene rings is 1. The van der Waals surface area contributed by atoms with Crippen LogP contribution in [0.3, 0.4) is 0 Å². The van der Waals surface area contributed by atoms with Crippen LogP contribution in [-0.2, 0) is 0 Å². The van der Waals surface area contributed by atoms with Gasteiger partial charge in [-0.3, -0.25) is 0 Å². The Morgan fingerprint density at radius 2 is 1.83 bits per heavy atom. The Balaban J connectivity index is 2.85. The van der Waals surface area contributed by atoms with Crippen LogP contribution < -0.4 is 5.46 Å². The van der Waals surface area contributed by atoms with Gasteiger partial charge in [0.15, 0.2) is 6.71 Å². The van der Waals surface area contributed by atoms with Gasteiger partial charge in [0.25, 0.3) is 0 Å². The molecule has 0 radical (unpaired) electrons. The molecule has 0 aliphatic rings. The van der Waals surface area contributed by atoms with Gasteiger partial charge in [-0.15, -0.1) is 0 Å². The molecule has 0 aliphatic heterocycles. The van der Waals surface area contributed by atoms with E-state index in [0.29, 0.717) is 0 Å². The first-order chi connectivity index (χ1) is 5.77. The quantitative estimate of drug-likeness (QED) is 0.596. The number of hydrogen-bond acceptors (Lipinski definition) is 0. The smallest absolute Gasteiger partial charge is 0.0798 e. The van der Waals surface area contributed by atoms with Gasteiger partial charge < -0.3 is 0 Å². The normalized spacial score (nSPS) is 9.92. The van der Waals surface area contributed by atoms with E-state index < -0.39 is 0 Å². The van der Waals surface area contributed by atoms with E-state index in [2.05, 4.69) is 45.0 Å². The number of aryl methyl sites for hydroxylation is 1. The minimum atomic E-state index is 0.755. The van der Waals surface area contributed by atoms with E-state index in [1.807, 2.05) is 0 Å². The molecule has 12 heavy (non-hydrogen) atoms. The molecular weight excluding hydrogens is 143 g/mol. The zero-order valence-electron chi connectivity index (χ0n) is 8.30. The molecule has 0 bridgehead atoms. The first kappa shape index (κ1) is 9.37. The van der Waals surface area contributed by atoms with Crippen LogP contribution in [0.25, 0.3) is 0 Å². The molecule has 0 saturated heterocycles. The van der Waals surface area contributed by atoms with Crippen LogP contribution in [0.1, 0.15) is 19.4 Å². The van der Waals surface area contributed by atoms with Crippen molar-refractivity contribution in [3.05, 3.63) is 29.8 Å². The van der Waals surface area contributed by atoms with E-state index in [9.17, 15) is 0 Å². The molecule has 0 fully saturated rings. The molecule has 0 aromatic heterocycles. The molecule has 1 aromatic rings. The lowest BCUT2D eigenvalue weighted by Crippen LogP contribution is -2.27. The second-order valence-corrected chi connectivity index (χ2v) is 3.43.